The zero-order chi connectivity index (χ0) is 8.27. The van der Waals surface area contributed by atoms with Crippen molar-refractivity contribution in [2.24, 2.45) is 5.73 Å². The number of amides is 1. The Hall–Kier alpha value is -0.570. The van der Waals surface area contributed by atoms with Gasteiger partial charge in [0.15, 0.2) is 0 Å². The zero-order valence-electron chi connectivity index (χ0n) is 7.05. The third kappa shape index (κ3) is 2.50. The molecule has 11 heavy (non-hydrogen) atoms. The second kappa shape index (κ2) is 3.72. The van der Waals surface area contributed by atoms with Crippen molar-refractivity contribution in [1.82, 2.24) is 4.90 Å². The van der Waals surface area contributed by atoms with Crippen molar-refractivity contribution in [3.8, 4) is 0 Å². The SMILES string of the molecule is CN(CCC(N)=O)C1CCC1. The Morgan fingerprint density at radius 1 is 1.64 bits per heavy atom. The van der Waals surface area contributed by atoms with Crippen LogP contribution in [0.3, 0.4) is 0 Å². The molecule has 0 spiro atoms. The third-order valence-electron chi connectivity index (χ3n) is 2.41. The fraction of sp³-hybridized carbons (Fsp3) is 0.875. The minimum atomic E-state index is -0.198. The molecule has 0 atom stereocenters. The van der Waals surface area contributed by atoms with Crippen LogP contribution < -0.4 is 5.73 Å². The van der Waals surface area contributed by atoms with Crippen LogP contribution in [0.4, 0.5) is 0 Å². The van der Waals surface area contributed by atoms with Crippen molar-refractivity contribution >= 4 is 5.91 Å². The Morgan fingerprint density at radius 2 is 2.27 bits per heavy atom. The molecule has 1 saturated carbocycles. The van der Waals surface area contributed by atoms with Crippen LogP contribution in [0.5, 0.6) is 0 Å². The molecule has 0 aromatic heterocycles. The highest BCUT2D eigenvalue weighted by atomic mass is 16.1. The van der Waals surface area contributed by atoms with Gasteiger partial charge in [0.1, 0.15) is 0 Å². The van der Waals surface area contributed by atoms with Gasteiger partial charge in [-0.05, 0) is 19.9 Å². The van der Waals surface area contributed by atoms with Crippen LogP contribution in [-0.2, 0) is 4.79 Å². The van der Waals surface area contributed by atoms with E-state index >= 15 is 0 Å². The minimum Gasteiger partial charge on any atom is -0.370 e. The van der Waals surface area contributed by atoms with Gasteiger partial charge < -0.3 is 10.6 Å². The number of hydrogen-bond donors (Lipinski definition) is 1. The summed E-state index contributed by atoms with van der Waals surface area (Å²) in [4.78, 5) is 12.7. The maximum atomic E-state index is 10.4. The van der Waals surface area contributed by atoms with Crippen molar-refractivity contribution in [2.75, 3.05) is 13.6 Å². The first-order chi connectivity index (χ1) is 5.20. The summed E-state index contributed by atoms with van der Waals surface area (Å²) in [6, 6.07) is 0.717. The number of primary amides is 1. The Morgan fingerprint density at radius 3 is 2.64 bits per heavy atom. The molecule has 64 valence electrons. The molecule has 1 aliphatic rings. The van der Waals surface area contributed by atoms with Gasteiger partial charge in [-0.3, -0.25) is 4.79 Å². The molecule has 0 radical (unpaired) electrons. The maximum absolute atomic E-state index is 10.4. The van der Waals surface area contributed by atoms with Crippen molar-refractivity contribution in [3.05, 3.63) is 0 Å². The molecule has 0 aromatic rings. The van der Waals surface area contributed by atoms with Crippen LogP contribution in [0.1, 0.15) is 25.7 Å². The van der Waals surface area contributed by atoms with E-state index in [1.54, 1.807) is 0 Å². The minimum absolute atomic E-state index is 0.198. The standard InChI is InChI=1S/C8H16N2O/c1-10(6-5-8(9)11)7-3-2-4-7/h7H,2-6H2,1H3,(H2,9,11). The molecule has 1 fully saturated rings. The first-order valence-electron chi connectivity index (χ1n) is 4.18. The molecule has 1 amide bonds. The van der Waals surface area contributed by atoms with Gasteiger partial charge in [0.2, 0.25) is 5.91 Å². The highest BCUT2D eigenvalue weighted by Crippen LogP contribution is 2.23. The quantitative estimate of drug-likeness (QED) is 0.638. The number of carbonyl (C=O) groups excluding carboxylic acids is 1. The molecule has 0 saturated heterocycles. The zero-order valence-corrected chi connectivity index (χ0v) is 7.05. The molecule has 0 aliphatic heterocycles. The molecule has 0 aromatic carbocycles. The normalized spacial score (nSPS) is 18.4. The topological polar surface area (TPSA) is 46.3 Å². The Kier molecular flexibility index (Phi) is 2.88. The fourth-order valence-corrected chi connectivity index (χ4v) is 1.30. The summed E-state index contributed by atoms with van der Waals surface area (Å²) in [5.41, 5.74) is 5.03. The summed E-state index contributed by atoms with van der Waals surface area (Å²) in [6.07, 6.45) is 4.41. The largest absolute Gasteiger partial charge is 0.370 e. The van der Waals surface area contributed by atoms with Gasteiger partial charge in [0, 0.05) is 19.0 Å². The Balaban J connectivity index is 2.09. The molecule has 1 rings (SSSR count). The lowest BCUT2D eigenvalue weighted by molar-refractivity contribution is -0.118. The summed E-state index contributed by atoms with van der Waals surface area (Å²) in [7, 11) is 2.06. The van der Waals surface area contributed by atoms with Crippen LogP contribution in [-0.4, -0.2) is 30.4 Å². The van der Waals surface area contributed by atoms with Crippen molar-refractivity contribution in [2.45, 2.75) is 31.7 Å². The van der Waals surface area contributed by atoms with Crippen molar-refractivity contribution in [1.29, 1.82) is 0 Å². The number of nitrogens with zero attached hydrogens (tertiary/aromatic N) is 1. The molecular formula is C8H16N2O. The van der Waals surface area contributed by atoms with Gasteiger partial charge in [0.05, 0.1) is 0 Å². The van der Waals surface area contributed by atoms with E-state index in [2.05, 4.69) is 11.9 Å². The van der Waals surface area contributed by atoms with Gasteiger partial charge >= 0.3 is 0 Å². The molecule has 1 aliphatic carbocycles. The highest BCUT2D eigenvalue weighted by Gasteiger charge is 2.21. The van der Waals surface area contributed by atoms with Gasteiger partial charge in [-0.15, -0.1) is 0 Å². The molecule has 0 heterocycles. The van der Waals surface area contributed by atoms with Gasteiger partial charge in [-0.2, -0.15) is 0 Å². The predicted molar refractivity (Wildman–Crippen MR) is 44.1 cm³/mol. The third-order valence-corrected chi connectivity index (χ3v) is 2.41. The van der Waals surface area contributed by atoms with Crippen molar-refractivity contribution < 1.29 is 4.79 Å². The molecule has 0 bridgehead atoms. The van der Waals surface area contributed by atoms with E-state index in [0.717, 1.165) is 6.54 Å². The average Bonchev–Trinajstić information content (AvgIpc) is 1.79. The van der Waals surface area contributed by atoms with Gasteiger partial charge in [0.25, 0.3) is 0 Å². The summed E-state index contributed by atoms with van der Waals surface area (Å²) < 4.78 is 0. The van der Waals surface area contributed by atoms with E-state index in [4.69, 9.17) is 5.73 Å². The second-order valence-corrected chi connectivity index (χ2v) is 3.28. The van der Waals surface area contributed by atoms with E-state index < -0.39 is 0 Å². The lowest BCUT2D eigenvalue weighted by Crippen LogP contribution is -2.38. The monoisotopic (exact) mass is 156 g/mol. The lowest BCUT2D eigenvalue weighted by Gasteiger charge is -2.34. The molecule has 3 nitrogen and oxygen atoms in total. The van der Waals surface area contributed by atoms with E-state index in [0.29, 0.717) is 12.5 Å². The van der Waals surface area contributed by atoms with Crippen molar-refractivity contribution in [3.63, 3.8) is 0 Å². The number of rotatable bonds is 4. The molecule has 0 unspecified atom stereocenters. The van der Waals surface area contributed by atoms with E-state index in [1.165, 1.54) is 19.3 Å². The van der Waals surface area contributed by atoms with E-state index in [-0.39, 0.29) is 5.91 Å². The van der Waals surface area contributed by atoms with E-state index in [1.807, 2.05) is 0 Å². The average molecular weight is 156 g/mol. The smallest absolute Gasteiger partial charge is 0.218 e. The number of nitrogens with two attached hydrogens (primary N) is 1. The van der Waals surface area contributed by atoms with Crippen LogP contribution in [0.2, 0.25) is 0 Å². The first-order valence-corrected chi connectivity index (χ1v) is 4.18. The summed E-state index contributed by atoms with van der Waals surface area (Å²) in [5.74, 6) is -0.198. The van der Waals surface area contributed by atoms with Gasteiger partial charge in [-0.1, -0.05) is 6.42 Å². The number of hydrogen-bond acceptors (Lipinski definition) is 2. The first kappa shape index (κ1) is 8.53. The molecule has 2 N–H and O–H groups in total. The molecular weight excluding hydrogens is 140 g/mol. The van der Waals surface area contributed by atoms with Crippen LogP contribution >= 0.6 is 0 Å². The van der Waals surface area contributed by atoms with Crippen LogP contribution in [0, 0.1) is 0 Å². The fourth-order valence-electron chi connectivity index (χ4n) is 1.30. The van der Waals surface area contributed by atoms with Crippen LogP contribution in [0.15, 0.2) is 0 Å². The summed E-state index contributed by atoms with van der Waals surface area (Å²) in [5, 5.41) is 0. The van der Waals surface area contributed by atoms with Crippen LogP contribution in [0.25, 0.3) is 0 Å². The highest BCUT2D eigenvalue weighted by molar-refractivity contribution is 5.73. The molecule has 3 heteroatoms. The summed E-state index contributed by atoms with van der Waals surface area (Å²) in [6.45, 7) is 0.819. The van der Waals surface area contributed by atoms with E-state index in [9.17, 15) is 4.79 Å². The maximum Gasteiger partial charge on any atom is 0.218 e. The predicted octanol–water partition coefficient (Wildman–Crippen LogP) is 0.346. The van der Waals surface area contributed by atoms with Gasteiger partial charge in [-0.25, -0.2) is 0 Å². The summed E-state index contributed by atoms with van der Waals surface area (Å²) >= 11 is 0. The lowest BCUT2D eigenvalue weighted by atomic mass is 9.92. The Bertz CT molecular complexity index is 143. The Labute approximate surface area is 67.5 Å². The second-order valence-electron chi connectivity index (χ2n) is 3.28. The number of carbonyl (C=O) groups is 1.